The lowest BCUT2D eigenvalue weighted by atomic mass is 10.2. The number of hydrogen-bond acceptors (Lipinski definition) is 5. The molecule has 0 saturated carbocycles. The van der Waals surface area contributed by atoms with Gasteiger partial charge in [-0.2, -0.15) is 10.1 Å². The topological polar surface area (TPSA) is 115 Å². The van der Waals surface area contributed by atoms with Crippen LogP contribution in [0.3, 0.4) is 0 Å². The Bertz CT molecular complexity index is 601. The molecule has 1 amide bonds. The minimum atomic E-state index is -0.304. The Hall–Kier alpha value is -2.38. The van der Waals surface area contributed by atoms with E-state index < -0.39 is 0 Å². The summed E-state index contributed by atoms with van der Waals surface area (Å²) in [6.07, 6.45) is 2.73. The van der Waals surface area contributed by atoms with Crippen molar-refractivity contribution < 1.29 is 4.79 Å². The Morgan fingerprint density at radius 2 is 2.35 bits per heavy atom. The van der Waals surface area contributed by atoms with E-state index in [0.29, 0.717) is 17.1 Å². The summed E-state index contributed by atoms with van der Waals surface area (Å²) in [7, 11) is 0. The summed E-state index contributed by atoms with van der Waals surface area (Å²) in [5, 5.41) is 13.6. The van der Waals surface area contributed by atoms with E-state index in [0.717, 1.165) is 13.0 Å². The normalized spacial score (nSPS) is 12.3. The largest absolute Gasteiger partial charge is 0.367 e. The minimum Gasteiger partial charge on any atom is -0.367 e. The van der Waals surface area contributed by atoms with Gasteiger partial charge in [-0.15, -0.1) is 5.10 Å². The number of aromatic amines is 1. The lowest BCUT2D eigenvalue weighted by molar-refractivity contribution is 0.0937. The van der Waals surface area contributed by atoms with E-state index in [1.165, 1.54) is 0 Å². The first kappa shape index (κ1) is 14.0. The summed E-state index contributed by atoms with van der Waals surface area (Å²) >= 11 is 0. The number of rotatable bonds is 5. The number of nitrogens with zero attached hydrogens (tertiary/aromatic N) is 4. The Morgan fingerprint density at radius 1 is 1.60 bits per heavy atom. The fourth-order valence-corrected chi connectivity index (χ4v) is 1.91. The van der Waals surface area contributed by atoms with Crippen LogP contribution in [0.15, 0.2) is 6.20 Å². The van der Waals surface area contributed by atoms with Gasteiger partial charge in [0.05, 0.1) is 17.3 Å². The highest BCUT2D eigenvalue weighted by molar-refractivity contribution is 5.95. The Kier molecular flexibility index (Phi) is 4.02. The summed E-state index contributed by atoms with van der Waals surface area (Å²) in [5.74, 6) is 0.495. The van der Waals surface area contributed by atoms with Crippen molar-refractivity contribution in [1.29, 1.82) is 0 Å². The van der Waals surface area contributed by atoms with Crippen LogP contribution in [0, 0.1) is 6.92 Å². The van der Waals surface area contributed by atoms with E-state index in [1.54, 1.807) is 10.9 Å². The fraction of sp³-hybridized carbons (Fsp3) is 0.500. The first-order valence-corrected chi connectivity index (χ1v) is 6.54. The number of anilines is 1. The molecule has 8 nitrogen and oxygen atoms in total. The van der Waals surface area contributed by atoms with Crippen molar-refractivity contribution in [3.05, 3.63) is 23.3 Å². The van der Waals surface area contributed by atoms with Crippen LogP contribution in [0.25, 0.3) is 0 Å². The molecule has 1 unspecified atom stereocenters. The predicted octanol–water partition coefficient (Wildman–Crippen LogP) is 0.793. The van der Waals surface area contributed by atoms with Gasteiger partial charge in [0.1, 0.15) is 5.82 Å². The molecule has 8 heteroatoms. The van der Waals surface area contributed by atoms with Gasteiger partial charge < -0.3 is 11.1 Å². The summed E-state index contributed by atoms with van der Waals surface area (Å²) in [6.45, 7) is 6.48. The van der Waals surface area contributed by atoms with Gasteiger partial charge in [-0.1, -0.05) is 6.92 Å². The average Bonchev–Trinajstić information content (AvgIpc) is 2.96. The number of aryl methyl sites for hydroxylation is 2. The molecule has 0 saturated heterocycles. The van der Waals surface area contributed by atoms with Gasteiger partial charge in [0.15, 0.2) is 0 Å². The number of H-pyrrole nitrogens is 1. The molecule has 0 radical (unpaired) electrons. The molecule has 2 aromatic heterocycles. The van der Waals surface area contributed by atoms with Gasteiger partial charge in [-0.3, -0.25) is 14.6 Å². The van der Waals surface area contributed by atoms with Gasteiger partial charge in [0.2, 0.25) is 5.95 Å². The summed E-state index contributed by atoms with van der Waals surface area (Å²) < 4.78 is 1.78. The Labute approximate surface area is 116 Å². The summed E-state index contributed by atoms with van der Waals surface area (Å²) in [6, 6.07) is -0.304. The van der Waals surface area contributed by atoms with Crippen LogP contribution < -0.4 is 11.1 Å². The van der Waals surface area contributed by atoms with Crippen LogP contribution in [-0.4, -0.2) is 30.9 Å². The van der Waals surface area contributed by atoms with Crippen molar-refractivity contribution in [3.63, 3.8) is 0 Å². The molecule has 0 spiro atoms. The highest BCUT2D eigenvalue weighted by atomic mass is 16.1. The predicted molar refractivity (Wildman–Crippen MR) is 73.9 cm³/mol. The smallest absolute Gasteiger partial charge is 0.255 e. The number of nitrogens with one attached hydrogen (secondary N) is 2. The van der Waals surface area contributed by atoms with Crippen LogP contribution in [0.2, 0.25) is 0 Å². The summed E-state index contributed by atoms with van der Waals surface area (Å²) in [4.78, 5) is 16.2. The van der Waals surface area contributed by atoms with Gasteiger partial charge in [0, 0.05) is 12.7 Å². The fourth-order valence-electron chi connectivity index (χ4n) is 1.91. The van der Waals surface area contributed by atoms with Crippen molar-refractivity contribution in [2.75, 3.05) is 5.73 Å². The molecule has 0 bridgehead atoms. The second-order valence-corrected chi connectivity index (χ2v) is 4.67. The quantitative estimate of drug-likeness (QED) is 0.747. The molecule has 0 aliphatic carbocycles. The zero-order chi connectivity index (χ0) is 14.7. The van der Waals surface area contributed by atoms with Crippen LogP contribution in [0.5, 0.6) is 0 Å². The number of carbonyl (C=O) groups excluding carboxylic acids is 1. The van der Waals surface area contributed by atoms with Crippen molar-refractivity contribution in [1.82, 2.24) is 30.3 Å². The highest BCUT2D eigenvalue weighted by Gasteiger charge is 2.18. The van der Waals surface area contributed by atoms with Crippen molar-refractivity contribution >= 4 is 11.9 Å². The van der Waals surface area contributed by atoms with E-state index in [9.17, 15) is 4.79 Å². The summed E-state index contributed by atoms with van der Waals surface area (Å²) in [5.41, 5.74) is 6.72. The maximum absolute atomic E-state index is 12.2. The maximum atomic E-state index is 12.2. The minimum absolute atomic E-state index is 0.160. The number of carbonyl (C=O) groups is 1. The molecule has 0 aliphatic heterocycles. The van der Waals surface area contributed by atoms with Crippen molar-refractivity contribution in [3.8, 4) is 0 Å². The Balaban J connectivity index is 2.08. The van der Waals surface area contributed by atoms with E-state index in [4.69, 9.17) is 5.73 Å². The van der Waals surface area contributed by atoms with Crippen LogP contribution >= 0.6 is 0 Å². The molecule has 108 valence electrons. The molecule has 2 heterocycles. The van der Waals surface area contributed by atoms with Crippen LogP contribution in [0.4, 0.5) is 5.95 Å². The number of amides is 1. The first-order chi connectivity index (χ1) is 9.51. The first-order valence-electron chi connectivity index (χ1n) is 6.54. The van der Waals surface area contributed by atoms with Gasteiger partial charge in [0.25, 0.3) is 5.91 Å². The number of nitrogen functional groups attached to an aromatic ring is 1. The van der Waals surface area contributed by atoms with E-state index in [1.807, 2.05) is 13.8 Å². The lowest BCUT2D eigenvalue weighted by Gasteiger charge is -2.10. The van der Waals surface area contributed by atoms with E-state index in [-0.39, 0.29) is 17.9 Å². The maximum Gasteiger partial charge on any atom is 0.255 e. The molecule has 2 aromatic rings. The third-order valence-corrected chi connectivity index (χ3v) is 2.92. The third kappa shape index (κ3) is 2.95. The molecular formula is C12H19N7O. The van der Waals surface area contributed by atoms with Crippen LogP contribution in [0.1, 0.15) is 48.2 Å². The number of aromatic nitrogens is 5. The zero-order valence-corrected chi connectivity index (χ0v) is 11.8. The Morgan fingerprint density at radius 3 is 2.95 bits per heavy atom. The molecule has 0 aliphatic rings. The zero-order valence-electron chi connectivity index (χ0n) is 11.8. The number of hydrogen-bond donors (Lipinski definition) is 3. The lowest BCUT2D eigenvalue weighted by Crippen LogP contribution is -2.27. The highest BCUT2D eigenvalue weighted by Crippen LogP contribution is 2.11. The van der Waals surface area contributed by atoms with Crippen molar-refractivity contribution in [2.24, 2.45) is 0 Å². The SMILES string of the molecule is CCCn1cc(C(=O)NC(C)c2nc(N)n[nH]2)c(C)n1. The molecule has 2 rings (SSSR count). The second kappa shape index (κ2) is 5.72. The monoisotopic (exact) mass is 277 g/mol. The van der Waals surface area contributed by atoms with E-state index in [2.05, 4.69) is 32.5 Å². The second-order valence-electron chi connectivity index (χ2n) is 4.67. The molecule has 20 heavy (non-hydrogen) atoms. The molecule has 1 atom stereocenters. The van der Waals surface area contributed by atoms with Gasteiger partial charge in [-0.25, -0.2) is 0 Å². The molecule has 0 fully saturated rings. The van der Waals surface area contributed by atoms with Gasteiger partial charge >= 0.3 is 0 Å². The standard InChI is InChI=1S/C12H19N7O/c1-4-5-19-6-9(7(2)18-19)11(20)14-8(3)10-15-12(13)17-16-10/h6,8H,4-5H2,1-3H3,(H,14,20)(H3,13,15,16,17). The number of nitrogens with two attached hydrogens (primary N) is 1. The third-order valence-electron chi connectivity index (χ3n) is 2.92. The van der Waals surface area contributed by atoms with Crippen LogP contribution in [-0.2, 0) is 6.54 Å². The molecule has 4 N–H and O–H groups in total. The average molecular weight is 277 g/mol. The molecule has 0 aromatic carbocycles. The molecular weight excluding hydrogens is 258 g/mol. The van der Waals surface area contributed by atoms with E-state index >= 15 is 0 Å². The van der Waals surface area contributed by atoms with Gasteiger partial charge in [-0.05, 0) is 20.3 Å². The van der Waals surface area contributed by atoms with Crippen molar-refractivity contribution in [2.45, 2.75) is 39.8 Å².